The van der Waals surface area contributed by atoms with E-state index in [1.807, 2.05) is 0 Å². The first-order valence-electron chi connectivity index (χ1n) is 6.05. The fourth-order valence-electron chi connectivity index (χ4n) is 2.88. The van der Waals surface area contributed by atoms with Gasteiger partial charge in [0, 0.05) is 0 Å². The Morgan fingerprint density at radius 1 is 1.00 bits per heavy atom. The smallest absolute Gasteiger partial charge is 0.0607 e. The molecular weight excluding hydrogens is 160 g/mol. The summed E-state index contributed by atoms with van der Waals surface area (Å²) < 4.78 is 6.12. The van der Waals surface area contributed by atoms with Crippen molar-refractivity contribution >= 4 is 0 Å². The van der Waals surface area contributed by atoms with Gasteiger partial charge in [0.05, 0.1) is 12.2 Å². The van der Waals surface area contributed by atoms with Crippen molar-refractivity contribution in [2.45, 2.75) is 70.5 Å². The van der Waals surface area contributed by atoms with Crippen molar-refractivity contribution in [3.8, 4) is 0 Å². The summed E-state index contributed by atoms with van der Waals surface area (Å²) in [6.45, 7) is 2.25. The van der Waals surface area contributed by atoms with E-state index in [0.717, 1.165) is 5.92 Å². The minimum atomic E-state index is 0.583. The lowest BCUT2D eigenvalue weighted by Gasteiger charge is -2.35. The molecule has 0 N–H and O–H groups in total. The van der Waals surface area contributed by atoms with Crippen molar-refractivity contribution < 1.29 is 4.74 Å². The van der Waals surface area contributed by atoms with Crippen molar-refractivity contribution in [1.29, 1.82) is 0 Å². The highest BCUT2D eigenvalue weighted by molar-refractivity contribution is 4.80. The summed E-state index contributed by atoms with van der Waals surface area (Å²) in [5.74, 6) is 0.908. The van der Waals surface area contributed by atoms with Gasteiger partial charge in [-0.05, 0) is 38.0 Å². The molecule has 0 radical (unpaired) electrons. The maximum atomic E-state index is 6.12. The molecule has 0 aromatic carbocycles. The topological polar surface area (TPSA) is 9.23 Å². The molecule has 0 aromatic rings. The van der Waals surface area contributed by atoms with E-state index in [0.29, 0.717) is 12.2 Å². The molecule has 2 fully saturated rings. The molecule has 1 nitrogen and oxygen atoms in total. The summed E-state index contributed by atoms with van der Waals surface area (Å²) in [4.78, 5) is 0. The number of hydrogen-bond acceptors (Lipinski definition) is 1. The van der Waals surface area contributed by atoms with E-state index >= 15 is 0 Å². The van der Waals surface area contributed by atoms with Gasteiger partial charge in [-0.3, -0.25) is 0 Å². The van der Waals surface area contributed by atoms with Gasteiger partial charge >= 0.3 is 0 Å². The number of rotatable bonds is 1. The number of hydrogen-bond donors (Lipinski definition) is 0. The predicted octanol–water partition coefficient (Wildman–Crippen LogP) is 3.52. The molecule has 1 saturated carbocycles. The van der Waals surface area contributed by atoms with Crippen LogP contribution >= 0.6 is 0 Å². The van der Waals surface area contributed by atoms with Crippen LogP contribution in [-0.2, 0) is 4.74 Å². The SMILES string of the molecule is CCC1CCC2CCCCCC2O1. The van der Waals surface area contributed by atoms with Crippen molar-refractivity contribution in [2.75, 3.05) is 0 Å². The summed E-state index contributed by atoms with van der Waals surface area (Å²) in [7, 11) is 0. The molecule has 0 spiro atoms. The second-order valence-corrected chi connectivity index (χ2v) is 4.68. The lowest BCUT2D eigenvalue weighted by Crippen LogP contribution is -2.34. The summed E-state index contributed by atoms with van der Waals surface area (Å²) in [5.41, 5.74) is 0. The van der Waals surface area contributed by atoms with Gasteiger partial charge < -0.3 is 4.74 Å². The zero-order valence-electron chi connectivity index (χ0n) is 8.80. The molecule has 2 aliphatic rings. The minimum absolute atomic E-state index is 0.583. The van der Waals surface area contributed by atoms with Gasteiger partial charge in [-0.25, -0.2) is 0 Å². The highest BCUT2D eigenvalue weighted by atomic mass is 16.5. The van der Waals surface area contributed by atoms with Crippen LogP contribution in [0.3, 0.4) is 0 Å². The largest absolute Gasteiger partial charge is 0.375 e. The van der Waals surface area contributed by atoms with Gasteiger partial charge in [0.2, 0.25) is 0 Å². The van der Waals surface area contributed by atoms with E-state index in [2.05, 4.69) is 6.92 Å². The van der Waals surface area contributed by atoms with Crippen LogP contribution in [-0.4, -0.2) is 12.2 Å². The van der Waals surface area contributed by atoms with Gasteiger partial charge in [-0.2, -0.15) is 0 Å². The van der Waals surface area contributed by atoms with Gasteiger partial charge in [0.25, 0.3) is 0 Å². The van der Waals surface area contributed by atoms with Crippen LogP contribution in [0.1, 0.15) is 58.3 Å². The molecule has 1 heteroatoms. The van der Waals surface area contributed by atoms with Crippen molar-refractivity contribution in [1.82, 2.24) is 0 Å². The molecule has 76 valence electrons. The Balaban J connectivity index is 1.91. The minimum Gasteiger partial charge on any atom is -0.375 e. The molecule has 0 amide bonds. The Morgan fingerprint density at radius 3 is 2.69 bits per heavy atom. The van der Waals surface area contributed by atoms with Crippen LogP contribution in [0.15, 0.2) is 0 Å². The Labute approximate surface area is 81.9 Å². The Hall–Kier alpha value is -0.0400. The standard InChI is InChI=1S/C12H22O/c1-2-11-9-8-10-6-4-3-5-7-12(10)13-11/h10-12H,2-9H2,1H3. The van der Waals surface area contributed by atoms with E-state index in [-0.39, 0.29) is 0 Å². The fraction of sp³-hybridized carbons (Fsp3) is 1.00. The molecule has 1 aliphatic carbocycles. The maximum absolute atomic E-state index is 6.12. The maximum Gasteiger partial charge on any atom is 0.0607 e. The summed E-state index contributed by atoms with van der Waals surface area (Å²) >= 11 is 0. The second-order valence-electron chi connectivity index (χ2n) is 4.68. The molecule has 13 heavy (non-hydrogen) atoms. The quantitative estimate of drug-likeness (QED) is 0.603. The van der Waals surface area contributed by atoms with E-state index in [4.69, 9.17) is 4.74 Å². The van der Waals surface area contributed by atoms with Crippen LogP contribution in [0.5, 0.6) is 0 Å². The first kappa shape index (κ1) is 9.51. The molecule has 0 aromatic heterocycles. The molecule has 3 unspecified atom stereocenters. The Morgan fingerprint density at radius 2 is 1.85 bits per heavy atom. The first-order chi connectivity index (χ1) is 6.40. The average Bonchev–Trinajstić information content (AvgIpc) is 2.41. The third-order valence-corrected chi connectivity index (χ3v) is 3.77. The highest BCUT2D eigenvalue weighted by Gasteiger charge is 2.30. The third kappa shape index (κ3) is 2.25. The van der Waals surface area contributed by atoms with E-state index in [1.54, 1.807) is 0 Å². The summed E-state index contributed by atoms with van der Waals surface area (Å²) in [5, 5.41) is 0. The monoisotopic (exact) mass is 182 g/mol. The van der Waals surface area contributed by atoms with Crippen LogP contribution in [0.25, 0.3) is 0 Å². The van der Waals surface area contributed by atoms with Crippen molar-refractivity contribution in [3.63, 3.8) is 0 Å². The predicted molar refractivity (Wildman–Crippen MR) is 54.8 cm³/mol. The van der Waals surface area contributed by atoms with E-state index in [9.17, 15) is 0 Å². The van der Waals surface area contributed by atoms with E-state index < -0.39 is 0 Å². The Bertz CT molecular complexity index is 155. The first-order valence-corrected chi connectivity index (χ1v) is 6.05. The Kier molecular flexibility index (Phi) is 3.26. The zero-order valence-corrected chi connectivity index (χ0v) is 8.80. The average molecular weight is 182 g/mol. The molecule has 1 heterocycles. The molecule has 3 atom stereocenters. The van der Waals surface area contributed by atoms with Crippen molar-refractivity contribution in [2.24, 2.45) is 5.92 Å². The van der Waals surface area contributed by atoms with Gasteiger partial charge in [-0.15, -0.1) is 0 Å². The van der Waals surface area contributed by atoms with Crippen molar-refractivity contribution in [3.05, 3.63) is 0 Å². The molecule has 2 rings (SSSR count). The molecule has 1 saturated heterocycles. The van der Waals surface area contributed by atoms with Gasteiger partial charge in [0.1, 0.15) is 0 Å². The highest BCUT2D eigenvalue weighted by Crippen LogP contribution is 2.35. The van der Waals surface area contributed by atoms with Crippen LogP contribution in [0.2, 0.25) is 0 Å². The van der Waals surface area contributed by atoms with Gasteiger partial charge in [0.15, 0.2) is 0 Å². The van der Waals surface area contributed by atoms with Crippen LogP contribution < -0.4 is 0 Å². The summed E-state index contributed by atoms with van der Waals surface area (Å²) in [6.07, 6.45) is 12.2. The number of ether oxygens (including phenoxy) is 1. The fourth-order valence-corrected chi connectivity index (χ4v) is 2.88. The number of fused-ring (bicyclic) bond motifs is 1. The lowest BCUT2D eigenvalue weighted by molar-refractivity contribution is -0.0861. The zero-order chi connectivity index (χ0) is 9.10. The normalized spacial score (nSPS) is 40.8. The third-order valence-electron chi connectivity index (χ3n) is 3.77. The molecule has 1 aliphatic heterocycles. The summed E-state index contributed by atoms with van der Waals surface area (Å²) in [6, 6.07) is 0. The molecular formula is C12H22O. The van der Waals surface area contributed by atoms with Gasteiger partial charge in [-0.1, -0.05) is 26.2 Å². The molecule has 0 bridgehead atoms. The van der Waals surface area contributed by atoms with E-state index in [1.165, 1.54) is 51.4 Å². The second kappa shape index (κ2) is 4.45. The lowest BCUT2D eigenvalue weighted by atomic mass is 9.87. The van der Waals surface area contributed by atoms with Crippen LogP contribution in [0.4, 0.5) is 0 Å². The van der Waals surface area contributed by atoms with Crippen LogP contribution in [0, 0.1) is 5.92 Å².